The predicted octanol–water partition coefficient (Wildman–Crippen LogP) is 2.70. The fraction of sp³-hybridized carbons (Fsp3) is 0.500. The van der Waals surface area contributed by atoms with Gasteiger partial charge >= 0.3 is 6.09 Å². The van der Waals surface area contributed by atoms with Crippen LogP contribution in [0.5, 0.6) is 0 Å². The standard InChI is InChI=1S/C18H29N3O2/c1-4-11-20-12-13-21(5-2)15(3)14-17(23-18(19)22)16-9-7-6-8-10-16/h4,6-10,15,17,20H,1,5,11-14H2,2-3H3,(H2,19,22). The summed E-state index contributed by atoms with van der Waals surface area (Å²) >= 11 is 0. The number of primary amides is 1. The molecule has 0 aliphatic rings. The average Bonchev–Trinajstić information content (AvgIpc) is 2.54. The Morgan fingerprint density at radius 3 is 2.70 bits per heavy atom. The van der Waals surface area contributed by atoms with Crippen LogP contribution in [0.1, 0.15) is 31.9 Å². The molecule has 5 heteroatoms. The Bertz CT molecular complexity index is 465. The number of ether oxygens (including phenoxy) is 1. The smallest absolute Gasteiger partial charge is 0.405 e. The Kier molecular flexibility index (Phi) is 9.02. The highest BCUT2D eigenvalue weighted by Gasteiger charge is 2.21. The normalized spacial score (nSPS) is 13.5. The molecule has 2 atom stereocenters. The van der Waals surface area contributed by atoms with Crippen molar-refractivity contribution in [2.45, 2.75) is 32.4 Å². The lowest BCUT2D eigenvalue weighted by atomic mass is 10.0. The molecule has 0 aromatic heterocycles. The summed E-state index contributed by atoms with van der Waals surface area (Å²) < 4.78 is 5.33. The summed E-state index contributed by atoms with van der Waals surface area (Å²) in [5.74, 6) is 0. The summed E-state index contributed by atoms with van der Waals surface area (Å²) in [6, 6.07) is 10.0. The zero-order chi connectivity index (χ0) is 17.1. The lowest BCUT2D eigenvalue weighted by Crippen LogP contribution is -2.39. The Morgan fingerprint density at radius 1 is 1.43 bits per heavy atom. The Balaban J connectivity index is 2.65. The van der Waals surface area contributed by atoms with Crippen molar-refractivity contribution in [3.63, 3.8) is 0 Å². The largest absolute Gasteiger partial charge is 0.441 e. The van der Waals surface area contributed by atoms with Crippen LogP contribution < -0.4 is 11.1 Å². The number of benzene rings is 1. The predicted molar refractivity (Wildman–Crippen MR) is 94.2 cm³/mol. The second kappa shape index (κ2) is 10.8. The van der Waals surface area contributed by atoms with Gasteiger partial charge in [-0.2, -0.15) is 0 Å². The summed E-state index contributed by atoms with van der Waals surface area (Å²) in [5.41, 5.74) is 6.21. The van der Waals surface area contributed by atoms with E-state index in [0.717, 1.165) is 31.7 Å². The van der Waals surface area contributed by atoms with Gasteiger partial charge in [-0.15, -0.1) is 6.58 Å². The summed E-state index contributed by atoms with van der Waals surface area (Å²) in [7, 11) is 0. The van der Waals surface area contributed by atoms with Crippen LogP contribution in [-0.4, -0.2) is 43.2 Å². The van der Waals surface area contributed by atoms with Crippen molar-refractivity contribution in [1.82, 2.24) is 10.2 Å². The molecule has 5 nitrogen and oxygen atoms in total. The van der Waals surface area contributed by atoms with Crippen molar-refractivity contribution in [3.8, 4) is 0 Å². The highest BCUT2D eigenvalue weighted by Crippen LogP contribution is 2.24. The van der Waals surface area contributed by atoms with E-state index in [1.807, 2.05) is 36.4 Å². The van der Waals surface area contributed by atoms with Crippen molar-refractivity contribution in [2.75, 3.05) is 26.2 Å². The number of nitrogens with one attached hydrogen (secondary N) is 1. The summed E-state index contributed by atoms with van der Waals surface area (Å²) in [6.07, 6.45) is 1.51. The maximum Gasteiger partial charge on any atom is 0.405 e. The van der Waals surface area contributed by atoms with Gasteiger partial charge in [0.1, 0.15) is 6.10 Å². The summed E-state index contributed by atoms with van der Waals surface area (Å²) in [6.45, 7) is 11.6. The molecular formula is C18H29N3O2. The lowest BCUT2D eigenvalue weighted by molar-refractivity contribution is 0.0769. The molecule has 0 aliphatic heterocycles. The first-order valence-electron chi connectivity index (χ1n) is 8.15. The van der Waals surface area contributed by atoms with Crippen LogP contribution in [0.3, 0.4) is 0 Å². The van der Waals surface area contributed by atoms with Crippen LogP contribution in [0.15, 0.2) is 43.0 Å². The number of nitrogens with zero attached hydrogens (tertiary/aromatic N) is 1. The zero-order valence-electron chi connectivity index (χ0n) is 14.2. The Labute approximate surface area is 139 Å². The molecule has 0 saturated carbocycles. The maximum atomic E-state index is 11.2. The van der Waals surface area contributed by atoms with E-state index < -0.39 is 6.09 Å². The van der Waals surface area contributed by atoms with E-state index in [-0.39, 0.29) is 12.1 Å². The molecule has 0 heterocycles. The molecule has 128 valence electrons. The van der Waals surface area contributed by atoms with E-state index in [1.165, 1.54) is 0 Å². The highest BCUT2D eigenvalue weighted by molar-refractivity contribution is 5.65. The van der Waals surface area contributed by atoms with Crippen LogP contribution >= 0.6 is 0 Å². The molecule has 1 aromatic rings. The molecule has 0 fully saturated rings. The number of rotatable bonds is 11. The molecule has 2 unspecified atom stereocenters. The van der Waals surface area contributed by atoms with Gasteiger partial charge in [0.05, 0.1) is 0 Å². The van der Waals surface area contributed by atoms with E-state index in [1.54, 1.807) is 0 Å². The van der Waals surface area contributed by atoms with Crippen molar-refractivity contribution < 1.29 is 9.53 Å². The molecule has 1 amide bonds. The second-order valence-electron chi connectivity index (χ2n) is 5.54. The lowest BCUT2D eigenvalue weighted by Gasteiger charge is -2.30. The van der Waals surface area contributed by atoms with Gasteiger partial charge in [0.25, 0.3) is 0 Å². The minimum absolute atomic E-state index is 0.273. The van der Waals surface area contributed by atoms with E-state index in [2.05, 4.69) is 30.6 Å². The van der Waals surface area contributed by atoms with Gasteiger partial charge in [0.15, 0.2) is 0 Å². The first-order valence-corrected chi connectivity index (χ1v) is 8.15. The third-order valence-corrected chi connectivity index (χ3v) is 3.88. The molecule has 0 spiro atoms. The van der Waals surface area contributed by atoms with E-state index in [9.17, 15) is 4.79 Å². The fourth-order valence-electron chi connectivity index (χ4n) is 2.64. The average molecular weight is 319 g/mol. The van der Waals surface area contributed by atoms with Gasteiger partial charge in [0, 0.05) is 32.1 Å². The van der Waals surface area contributed by atoms with E-state index in [4.69, 9.17) is 10.5 Å². The van der Waals surface area contributed by atoms with Gasteiger partial charge in [0.2, 0.25) is 0 Å². The van der Waals surface area contributed by atoms with Crippen molar-refractivity contribution >= 4 is 6.09 Å². The molecule has 23 heavy (non-hydrogen) atoms. The monoisotopic (exact) mass is 319 g/mol. The SMILES string of the molecule is C=CCNCCN(CC)C(C)CC(OC(N)=O)c1ccccc1. The maximum absolute atomic E-state index is 11.2. The van der Waals surface area contributed by atoms with Gasteiger partial charge in [-0.05, 0) is 19.0 Å². The third kappa shape index (κ3) is 7.30. The second-order valence-corrected chi connectivity index (χ2v) is 5.54. The van der Waals surface area contributed by atoms with Crippen LogP contribution in [0.4, 0.5) is 4.79 Å². The topological polar surface area (TPSA) is 67.6 Å². The molecule has 1 rings (SSSR count). The van der Waals surface area contributed by atoms with E-state index >= 15 is 0 Å². The zero-order valence-corrected chi connectivity index (χ0v) is 14.2. The number of likely N-dealkylation sites (N-methyl/N-ethyl adjacent to an activating group) is 1. The minimum atomic E-state index is -0.734. The highest BCUT2D eigenvalue weighted by atomic mass is 16.6. The molecule has 1 aromatic carbocycles. The molecule has 0 saturated heterocycles. The van der Waals surface area contributed by atoms with Crippen LogP contribution in [0.2, 0.25) is 0 Å². The first-order chi connectivity index (χ1) is 11.1. The fourth-order valence-corrected chi connectivity index (χ4v) is 2.64. The number of carbonyl (C=O) groups is 1. The van der Waals surface area contributed by atoms with Crippen LogP contribution in [-0.2, 0) is 4.74 Å². The van der Waals surface area contributed by atoms with E-state index in [0.29, 0.717) is 6.42 Å². The number of nitrogens with two attached hydrogens (primary N) is 1. The molecule has 3 N–H and O–H groups in total. The Morgan fingerprint density at radius 2 is 2.13 bits per heavy atom. The summed E-state index contributed by atoms with van der Waals surface area (Å²) in [5, 5.41) is 3.31. The Hall–Kier alpha value is -1.85. The number of carbonyl (C=O) groups excluding carboxylic acids is 1. The van der Waals surface area contributed by atoms with Crippen LogP contribution in [0.25, 0.3) is 0 Å². The molecule has 0 aliphatic carbocycles. The van der Waals surface area contributed by atoms with Gasteiger partial charge in [-0.1, -0.05) is 43.3 Å². The van der Waals surface area contributed by atoms with Crippen molar-refractivity contribution in [3.05, 3.63) is 48.6 Å². The quantitative estimate of drug-likeness (QED) is 0.486. The van der Waals surface area contributed by atoms with Crippen molar-refractivity contribution in [2.24, 2.45) is 5.73 Å². The van der Waals surface area contributed by atoms with Crippen LogP contribution in [0, 0.1) is 0 Å². The van der Waals surface area contributed by atoms with Crippen molar-refractivity contribution in [1.29, 1.82) is 0 Å². The third-order valence-electron chi connectivity index (χ3n) is 3.88. The molecule has 0 bridgehead atoms. The van der Waals surface area contributed by atoms with Gasteiger partial charge in [-0.25, -0.2) is 4.79 Å². The molecule has 0 radical (unpaired) electrons. The summed E-state index contributed by atoms with van der Waals surface area (Å²) in [4.78, 5) is 13.6. The molecular weight excluding hydrogens is 290 g/mol. The first kappa shape index (κ1) is 19.2. The van der Waals surface area contributed by atoms with Gasteiger partial charge in [-0.3, -0.25) is 4.90 Å². The number of amides is 1. The van der Waals surface area contributed by atoms with Gasteiger partial charge < -0.3 is 15.8 Å². The minimum Gasteiger partial charge on any atom is -0.441 e. The number of hydrogen-bond acceptors (Lipinski definition) is 4. The number of hydrogen-bond donors (Lipinski definition) is 2.